The third-order valence-electron chi connectivity index (χ3n) is 0.170. The van der Waals surface area contributed by atoms with Gasteiger partial charge in [-0.15, -0.1) is 0 Å². The normalized spacial score (nSPS) is 4.67. The summed E-state index contributed by atoms with van der Waals surface area (Å²) in [4.78, 5) is 20.9. The first-order valence-corrected chi connectivity index (χ1v) is 1.18. The molecule has 0 N–H and O–H groups in total. The van der Waals surface area contributed by atoms with Crippen molar-refractivity contribution in [2.24, 2.45) is 4.99 Å². The monoisotopic (exact) mass is 83.0 g/mol. The zero-order chi connectivity index (χ0) is 4.83. The molecule has 0 heterocycles. The van der Waals surface area contributed by atoms with Gasteiger partial charge in [0, 0.05) is 0 Å². The van der Waals surface area contributed by atoms with Crippen molar-refractivity contribution in [3.05, 3.63) is 6.20 Å². The maximum atomic E-state index is 9.11. The van der Waals surface area contributed by atoms with Gasteiger partial charge in [-0.1, -0.05) is 0 Å². The Morgan fingerprint density at radius 2 is 2.17 bits per heavy atom. The van der Waals surface area contributed by atoms with Crippen LogP contribution in [0.2, 0.25) is 0 Å². The van der Waals surface area contributed by atoms with Gasteiger partial charge in [-0.3, -0.25) is 0 Å². The van der Waals surface area contributed by atoms with Crippen LogP contribution in [0.25, 0.3) is 0 Å². The summed E-state index contributed by atoms with van der Waals surface area (Å²) < 4.78 is 0. The molecule has 0 spiro atoms. The molecule has 0 aromatic heterocycles. The smallest absolute Gasteiger partial charge is 0.232 e. The molecule has 0 bridgehead atoms. The molecule has 3 heteroatoms. The molecule has 0 aromatic carbocycles. The summed E-state index contributed by atoms with van der Waals surface area (Å²) in [6, 6.07) is 0. The third-order valence-corrected chi connectivity index (χ3v) is 0.170. The minimum absolute atomic E-state index is 0.701. The van der Waals surface area contributed by atoms with E-state index in [0.717, 1.165) is 6.08 Å². The van der Waals surface area contributed by atoms with Gasteiger partial charge in [0.1, 0.15) is 12.1 Å². The van der Waals surface area contributed by atoms with Crippen LogP contribution in [0.5, 0.6) is 0 Å². The van der Waals surface area contributed by atoms with Crippen LogP contribution in [0, 0.1) is 0 Å². The lowest BCUT2D eigenvalue weighted by Crippen LogP contribution is -1.45. The Bertz CT molecular complexity index is 101. The highest BCUT2D eigenvalue weighted by molar-refractivity contribution is 5.48. The van der Waals surface area contributed by atoms with E-state index in [1.165, 1.54) is 5.94 Å². The van der Waals surface area contributed by atoms with Crippen LogP contribution in [-0.2, 0) is 9.59 Å². The van der Waals surface area contributed by atoms with Gasteiger partial charge >= 0.3 is 0 Å². The molecule has 0 aliphatic carbocycles. The maximum Gasteiger partial charge on any atom is 0.240 e. The fraction of sp³-hybridized carbons (Fsp3) is 0. The molecule has 0 unspecified atom stereocenters. The number of carbonyl (C=O) groups excluding carboxylic acids is 2. The number of nitrogens with zero attached hydrogens (tertiary/aromatic N) is 1. The van der Waals surface area contributed by atoms with Gasteiger partial charge < -0.3 is 0 Å². The summed E-state index contributed by atoms with van der Waals surface area (Å²) in [5.41, 5.74) is 0. The van der Waals surface area contributed by atoms with Crippen molar-refractivity contribution in [3.63, 3.8) is 0 Å². The van der Waals surface area contributed by atoms with Crippen LogP contribution < -0.4 is 0 Å². The molecule has 0 aliphatic heterocycles. The van der Waals surface area contributed by atoms with Crippen LogP contribution >= 0.6 is 0 Å². The summed E-state index contributed by atoms with van der Waals surface area (Å²) >= 11 is 0. The van der Waals surface area contributed by atoms with E-state index >= 15 is 0 Å². The van der Waals surface area contributed by atoms with Gasteiger partial charge in [-0.2, -0.15) is 4.99 Å². The predicted molar refractivity (Wildman–Crippen MR) is 18.4 cm³/mol. The van der Waals surface area contributed by atoms with E-state index in [-0.39, 0.29) is 0 Å². The van der Waals surface area contributed by atoms with E-state index in [9.17, 15) is 0 Å². The summed E-state index contributed by atoms with van der Waals surface area (Å²) in [5, 5.41) is 0. The van der Waals surface area contributed by atoms with E-state index in [0.29, 0.717) is 6.20 Å². The molecule has 3 nitrogen and oxygen atoms in total. The molecule has 30 valence electrons. The van der Waals surface area contributed by atoms with Gasteiger partial charge in [-0.05, 0) is 0 Å². The lowest BCUT2D eigenvalue weighted by atomic mass is 11.0. The summed E-state index contributed by atoms with van der Waals surface area (Å²) in [5.74, 6) is 1.26. The van der Waals surface area contributed by atoms with E-state index in [1.807, 2.05) is 0 Å². The minimum Gasteiger partial charge on any atom is -0.232 e. The topological polar surface area (TPSA) is 46.5 Å². The molecular weight excluding hydrogens is 82.0 g/mol. The van der Waals surface area contributed by atoms with Crippen molar-refractivity contribution in [3.8, 4) is 0 Å². The molecule has 0 rings (SSSR count). The van der Waals surface area contributed by atoms with E-state index in [2.05, 4.69) is 4.99 Å². The van der Waals surface area contributed by atoms with Crippen molar-refractivity contribution < 1.29 is 9.59 Å². The van der Waals surface area contributed by atoms with Gasteiger partial charge in [0.25, 0.3) is 0 Å². The van der Waals surface area contributed by atoms with Crippen molar-refractivity contribution in [2.75, 3.05) is 0 Å². The van der Waals surface area contributed by atoms with E-state index in [4.69, 9.17) is 9.59 Å². The molecule has 0 saturated carbocycles. The highest BCUT2D eigenvalue weighted by Gasteiger charge is 1.49. The Labute approximate surface area is 34.0 Å². The van der Waals surface area contributed by atoms with Crippen molar-refractivity contribution >= 4 is 12.0 Å². The van der Waals surface area contributed by atoms with Crippen LogP contribution in [0.15, 0.2) is 11.2 Å². The number of aliphatic imine (C=N–C) groups is 1. The zero-order valence-electron chi connectivity index (χ0n) is 2.84. The van der Waals surface area contributed by atoms with Crippen LogP contribution in [0.4, 0.5) is 0 Å². The molecular formula is C3HNO2. The highest BCUT2D eigenvalue weighted by Crippen LogP contribution is 1.51. The van der Waals surface area contributed by atoms with E-state index in [1.54, 1.807) is 0 Å². The lowest BCUT2D eigenvalue weighted by Gasteiger charge is -1.44. The number of hydrogen-bond donors (Lipinski definition) is 0. The van der Waals surface area contributed by atoms with Crippen LogP contribution in [-0.4, -0.2) is 12.0 Å². The van der Waals surface area contributed by atoms with Crippen LogP contribution in [0.1, 0.15) is 0 Å². The first-order chi connectivity index (χ1) is 2.91. The second-order valence-electron chi connectivity index (χ2n) is 0.467. The lowest BCUT2D eigenvalue weighted by molar-refractivity contribution is 0.563. The standard InChI is InChI=1S/C3HNO2/c5-2-1-4-3-6/h1H. The largest absolute Gasteiger partial charge is 0.240 e. The fourth-order valence-electron chi connectivity index (χ4n) is 0.0527. The Kier molecular flexibility index (Phi) is 3.08. The van der Waals surface area contributed by atoms with Crippen molar-refractivity contribution in [1.29, 1.82) is 0 Å². The fourth-order valence-corrected chi connectivity index (χ4v) is 0.0527. The minimum atomic E-state index is 0.701. The average Bonchev–Trinajstić information content (AvgIpc) is 1.61. The van der Waals surface area contributed by atoms with Crippen molar-refractivity contribution in [2.45, 2.75) is 0 Å². The van der Waals surface area contributed by atoms with Gasteiger partial charge in [-0.25, -0.2) is 9.59 Å². The summed E-state index contributed by atoms with van der Waals surface area (Å²) in [6.07, 6.45) is 1.83. The molecule has 6 heavy (non-hydrogen) atoms. The molecule has 0 fully saturated rings. The Balaban J connectivity index is 3.64. The molecule has 0 aliphatic rings. The molecule has 0 atom stereocenters. The Morgan fingerprint density at radius 1 is 1.50 bits per heavy atom. The second-order valence-corrected chi connectivity index (χ2v) is 0.467. The SMILES string of the molecule is O=C=CN=C=O. The third kappa shape index (κ3) is 2.83. The number of hydrogen-bond acceptors (Lipinski definition) is 3. The first-order valence-electron chi connectivity index (χ1n) is 1.18. The molecule has 0 saturated heterocycles. The highest BCUT2D eigenvalue weighted by atomic mass is 16.1. The number of rotatable bonds is 1. The Morgan fingerprint density at radius 3 is 2.33 bits per heavy atom. The number of isocyanates is 1. The van der Waals surface area contributed by atoms with Crippen LogP contribution in [0.3, 0.4) is 0 Å². The van der Waals surface area contributed by atoms with Gasteiger partial charge in [0.05, 0.1) is 0 Å². The van der Waals surface area contributed by atoms with E-state index < -0.39 is 0 Å². The van der Waals surface area contributed by atoms with Gasteiger partial charge in [0.15, 0.2) is 0 Å². The zero-order valence-corrected chi connectivity index (χ0v) is 2.84. The predicted octanol–water partition coefficient (Wildman–Crippen LogP) is -0.333. The first kappa shape index (κ1) is 4.83. The molecule has 0 aromatic rings. The quantitative estimate of drug-likeness (QED) is 0.247. The second kappa shape index (κ2) is 3.83. The Hall–Kier alpha value is -1.17. The average molecular weight is 83.0 g/mol. The molecule has 0 amide bonds. The molecule has 0 radical (unpaired) electrons. The summed E-state index contributed by atoms with van der Waals surface area (Å²) in [6.45, 7) is 0. The van der Waals surface area contributed by atoms with Crippen molar-refractivity contribution in [1.82, 2.24) is 0 Å². The van der Waals surface area contributed by atoms with Gasteiger partial charge in [0.2, 0.25) is 6.08 Å². The summed E-state index contributed by atoms with van der Waals surface area (Å²) in [7, 11) is 0. The maximum absolute atomic E-state index is 9.11.